The number of carboxylic acids is 1. The zero-order chi connectivity index (χ0) is 17.8. The maximum atomic E-state index is 13.0. The van der Waals surface area contributed by atoms with Gasteiger partial charge in [-0.3, -0.25) is 9.20 Å². The molecule has 1 aliphatic rings. The predicted octanol–water partition coefficient (Wildman–Crippen LogP) is 2.53. The van der Waals surface area contributed by atoms with Gasteiger partial charge in [0.1, 0.15) is 11.7 Å². The molecule has 4 aromatic rings. The molecule has 0 aliphatic carbocycles. The summed E-state index contributed by atoms with van der Waals surface area (Å²) >= 11 is 1.43. The topological polar surface area (TPSA) is 90.7 Å². The third kappa shape index (κ3) is 2.15. The molecule has 26 heavy (non-hydrogen) atoms. The van der Waals surface area contributed by atoms with E-state index in [9.17, 15) is 14.7 Å². The summed E-state index contributed by atoms with van der Waals surface area (Å²) < 4.78 is 1.77. The number of thiazole rings is 1. The van der Waals surface area contributed by atoms with E-state index in [0.717, 1.165) is 22.2 Å². The molecule has 130 valence electrons. The van der Waals surface area contributed by atoms with Gasteiger partial charge in [-0.2, -0.15) is 0 Å². The number of carbonyl (C=O) groups is 2. The van der Waals surface area contributed by atoms with Gasteiger partial charge in [0.05, 0.1) is 6.54 Å². The normalized spacial score (nSPS) is 16.9. The van der Waals surface area contributed by atoms with E-state index in [1.165, 1.54) is 16.2 Å². The molecular weight excluding hydrogens is 352 g/mol. The molecule has 0 unspecified atom stereocenters. The summed E-state index contributed by atoms with van der Waals surface area (Å²) in [6.45, 7) is 0.227. The first-order valence-corrected chi connectivity index (χ1v) is 9.04. The summed E-state index contributed by atoms with van der Waals surface area (Å²) in [6, 6.07) is 6.89. The molecule has 0 saturated heterocycles. The van der Waals surface area contributed by atoms with E-state index in [2.05, 4.69) is 9.97 Å². The number of aromatic nitrogens is 3. The minimum Gasteiger partial charge on any atom is -0.480 e. The number of hydrogen-bond acceptors (Lipinski definition) is 4. The van der Waals surface area contributed by atoms with Gasteiger partial charge < -0.3 is 15.0 Å². The van der Waals surface area contributed by atoms with Gasteiger partial charge in [-0.15, -0.1) is 11.3 Å². The fourth-order valence-electron chi connectivity index (χ4n) is 3.62. The van der Waals surface area contributed by atoms with Gasteiger partial charge in [-0.25, -0.2) is 9.78 Å². The van der Waals surface area contributed by atoms with Crippen molar-refractivity contribution in [2.75, 3.05) is 0 Å². The zero-order valence-electron chi connectivity index (χ0n) is 13.5. The molecule has 3 aromatic heterocycles. The van der Waals surface area contributed by atoms with Crippen LogP contribution in [-0.4, -0.2) is 42.3 Å². The van der Waals surface area contributed by atoms with Gasteiger partial charge in [0.15, 0.2) is 4.96 Å². The Hall–Kier alpha value is -3.13. The SMILES string of the molecule is O=C(O)[C@@H]1Cc2c([nH]c3ccccc23)CN1C(=O)c1cn2ccsc2n1. The number of aromatic amines is 1. The van der Waals surface area contributed by atoms with Crippen LogP contribution in [0.1, 0.15) is 21.7 Å². The van der Waals surface area contributed by atoms with Crippen molar-refractivity contribution in [3.63, 3.8) is 0 Å². The number of fused-ring (bicyclic) bond motifs is 4. The van der Waals surface area contributed by atoms with Crippen LogP contribution in [0.5, 0.6) is 0 Å². The summed E-state index contributed by atoms with van der Waals surface area (Å²) in [7, 11) is 0. The first kappa shape index (κ1) is 15.2. The lowest BCUT2D eigenvalue weighted by Gasteiger charge is -2.32. The van der Waals surface area contributed by atoms with Crippen LogP contribution < -0.4 is 0 Å². The van der Waals surface area contributed by atoms with Crippen LogP contribution in [0.3, 0.4) is 0 Å². The van der Waals surface area contributed by atoms with Crippen molar-refractivity contribution in [2.45, 2.75) is 19.0 Å². The second-order valence-corrected chi connectivity index (χ2v) is 7.21. The van der Waals surface area contributed by atoms with Crippen molar-refractivity contribution in [2.24, 2.45) is 0 Å². The molecule has 1 aromatic carbocycles. The first-order valence-electron chi connectivity index (χ1n) is 8.16. The molecular formula is C18H14N4O3S. The van der Waals surface area contributed by atoms with Crippen LogP contribution in [0.15, 0.2) is 42.0 Å². The summed E-state index contributed by atoms with van der Waals surface area (Å²) in [4.78, 5) is 34.6. The number of rotatable bonds is 2. The molecule has 5 rings (SSSR count). The number of carbonyl (C=O) groups excluding carboxylic acids is 1. The quantitative estimate of drug-likeness (QED) is 0.570. The number of H-pyrrole nitrogens is 1. The van der Waals surface area contributed by atoms with E-state index in [-0.39, 0.29) is 24.6 Å². The van der Waals surface area contributed by atoms with E-state index in [1.807, 2.05) is 35.8 Å². The Bertz CT molecular complexity index is 1140. The van der Waals surface area contributed by atoms with Gasteiger partial charge in [-0.1, -0.05) is 18.2 Å². The fourth-order valence-corrected chi connectivity index (χ4v) is 4.32. The highest BCUT2D eigenvalue weighted by Gasteiger charge is 2.37. The largest absolute Gasteiger partial charge is 0.480 e. The average Bonchev–Trinajstić information content (AvgIpc) is 3.32. The molecule has 0 saturated carbocycles. The summed E-state index contributed by atoms with van der Waals surface area (Å²) in [5, 5.41) is 12.6. The summed E-state index contributed by atoms with van der Waals surface area (Å²) in [5.41, 5.74) is 3.09. The van der Waals surface area contributed by atoms with Crippen LogP contribution in [-0.2, 0) is 17.8 Å². The Balaban J connectivity index is 1.57. The number of hydrogen-bond donors (Lipinski definition) is 2. The minimum absolute atomic E-state index is 0.227. The Morgan fingerprint density at radius 1 is 1.31 bits per heavy atom. The maximum absolute atomic E-state index is 13.0. The van der Waals surface area contributed by atoms with Crippen LogP contribution in [0.25, 0.3) is 15.9 Å². The second-order valence-electron chi connectivity index (χ2n) is 6.34. The molecule has 0 bridgehead atoms. The Morgan fingerprint density at radius 2 is 2.15 bits per heavy atom. The standard InChI is InChI=1S/C18H14N4O3S/c23-16(14-8-21-5-6-26-18(21)20-14)22-9-13-11(7-15(22)17(24)25)10-3-1-2-4-12(10)19-13/h1-6,8,15,19H,7,9H2,(H,24,25)/t15-/m0/s1. The van der Waals surface area contributed by atoms with Gasteiger partial charge in [0.2, 0.25) is 0 Å². The van der Waals surface area contributed by atoms with E-state index < -0.39 is 12.0 Å². The maximum Gasteiger partial charge on any atom is 0.326 e. The van der Waals surface area contributed by atoms with Crippen LogP contribution in [0, 0.1) is 0 Å². The van der Waals surface area contributed by atoms with Crippen LogP contribution in [0.2, 0.25) is 0 Å². The summed E-state index contributed by atoms with van der Waals surface area (Å²) in [5.74, 6) is -1.37. The predicted molar refractivity (Wildman–Crippen MR) is 96.4 cm³/mol. The van der Waals surface area contributed by atoms with E-state index in [4.69, 9.17) is 0 Å². The molecule has 4 heterocycles. The number of nitrogens with zero attached hydrogens (tertiary/aromatic N) is 3. The van der Waals surface area contributed by atoms with Crippen LogP contribution >= 0.6 is 11.3 Å². The van der Waals surface area contributed by atoms with Crippen molar-refractivity contribution in [1.29, 1.82) is 0 Å². The average molecular weight is 366 g/mol. The zero-order valence-corrected chi connectivity index (χ0v) is 14.4. The number of nitrogens with one attached hydrogen (secondary N) is 1. The molecule has 8 heteroatoms. The van der Waals surface area contributed by atoms with Gasteiger partial charge in [0, 0.05) is 40.8 Å². The van der Waals surface area contributed by atoms with Gasteiger partial charge in [0.25, 0.3) is 5.91 Å². The van der Waals surface area contributed by atoms with E-state index in [0.29, 0.717) is 4.96 Å². The molecule has 7 nitrogen and oxygen atoms in total. The van der Waals surface area contributed by atoms with Crippen molar-refractivity contribution in [1.82, 2.24) is 19.3 Å². The smallest absolute Gasteiger partial charge is 0.326 e. The molecule has 1 aliphatic heterocycles. The third-order valence-electron chi connectivity index (χ3n) is 4.86. The number of carboxylic acid groups (broad SMARTS) is 1. The Kier molecular flexibility index (Phi) is 3.17. The van der Waals surface area contributed by atoms with E-state index >= 15 is 0 Å². The van der Waals surface area contributed by atoms with Crippen molar-refractivity contribution in [3.8, 4) is 0 Å². The number of imidazole rings is 1. The number of amides is 1. The number of aliphatic carboxylic acids is 1. The second kappa shape index (κ2) is 5.43. The molecule has 1 atom stereocenters. The van der Waals surface area contributed by atoms with E-state index in [1.54, 1.807) is 10.6 Å². The molecule has 2 N–H and O–H groups in total. The van der Waals surface area contributed by atoms with Gasteiger partial charge >= 0.3 is 5.97 Å². The fraction of sp³-hybridized carbons (Fsp3) is 0.167. The lowest BCUT2D eigenvalue weighted by molar-refractivity contribution is -0.142. The third-order valence-corrected chi connectivity index (χ3v) is 5.63. The Morgan fingerprint density at radius 3 is 2.96 bits per heavy atom. The highest BCUT2D eigenvalue weighted by Crippen LogP contribution is 2.31. The first-order chi connectivity index (χ1) is 12.6. The molecule has 0 fully saturated rings. The summed E-state index contributed by atoms with van der Waals surface area (Å²) in [6.07, 6.45) is 3.75. The van der Waals surface area contributed by atoms with Crippen molar-refractivity contribution >= 4 is 39.1 Å². The highest BCUT2D eigenvalue weighted by atomic mass is 32.1. The van der Waals surface area contributed by atoms with Crippen molar-refractivity contribution < 1.29 is 14.7 Å². The molecule has 1 amide bonds. The monoisotopic (exact) mass is 366 g/mol. The van der Waals surface area contributed by atoms with Crippen molar-refractivity contribution in [3.05, 3.63) is 59.0 Å². The Labute approximate surface area is 151 Å². The highest BCUT2D eigenvalue weighted by molar-refractivity contribution is 7.15. The van der Waals surface area contributed by atoms with Crippen LogP contribution in [0.4, 0.5) is 0 Å². The minimum atomic E-state index is -1.00. The van der Waals surface area contributed by atoms with Gasteiger partial charge in [-0.05, 0) is 11.6 Å². The lowest BCUT2D eigenvalue weighted by Crippen LogP contribution is -2.48. The lowest BCUT2D eigenvalue weighted by atomic mass is 9.96. The number of para-hydroxylation sites is 1. The molecule has 0 spiro atoms. The number of benzene rings is 1. The molecule has 0 radical (unpaired) electrons.